The summed E-state index contributed by atoms with van der Waals surface area (Å²) in [5.41, 5.74) is 0.768. The minimum absolute atomic E-state index is 0.217. The first-order valence-corrected chi connectivity index (χ1v) is 10.4. The van der Waals surface area contributed by atoms with Crippen molar-refractivity contribution >= 4 is 41.1 Å². The van der Waals surface area contributed by atoms with E-state index in [0.29, 0.717) is 42.2 Å². The smallest absolute Gasteiger partial charge is 0.329 e. The normalized spacial score (nSPS) is 24.0. The molecule has 2 atom stereocenters. The average molecular weight is 447 g/mol. The van der Waals surface area contributed by atoms with Gasteiger partial charge in [-0.1, -0.05) is 11.6 Å². The van der Waals surface area contributed by atoms with Gasteiger partial charge in [0.15, 0.2) is 0 Å². The van der Waals surface area contributed by atoms with E-state index in [1.165, 1.54) is 7.11 Å². The zero-order valence-corrected chi connectivity index (χ0v) is 18.0. The quantitative estimate of drug-likeness (QED) is 0.704. The molecule has 1 aromatic carbocycles. The molecule has 3 heterocycles. The number of likely N-dealkylation sites (tertiary alicyclic amines) is 1. The van der Waals surface area contributed by atoms with Crippen molar-refractivity contribution in [3.8, 4) is 0 Å². The molecule has 0 aliphatic carbocycles. The number of benzene rings is 1. The molecule has 0 saturated carbocycles. The zero-order valence-electron chi connectivity index (χ0n) is 17.2. The van der Waals surface area contributed by atoms with Gasteiger partial charge in [0.25, 0.3) is 11.8 Å². The topological polar surface area (TPSA) is 99.3 Å². The van der Waals surface area contributed by atoms with Crippen molar-refractivity contribution < 1.29 is 23.9 Å². The van der Waals surface area contributed by atoms with Crippen LogP contribution in [0.1, 0.15) is 12.8 Å². The maximum Gasteiger partial charge on any atom is 0.329 e. The molecule has 0 spiro atoms. The number of amides is 4. The molecule has 9 nitrogen and oxygen atoms in total. The van der Waals surface area contributed by atoms with Crippen molar-refractivity contribution in [1.82, 2.24) is 15.1 Å². The number of urea groups is 1. The molecule has 10 heteroatoms. The van der Waals surface area contributed by atoms with Crippen LogP contribution in [0.2, 0.25) is 5.02 Å². The van der Waals surface area contributed by atoms with Gasteiger partial charge in [-0.05, 0) is 37.1 Å². The number of piperidine rings is 1. The Hall–Kier alpha value is -3.07. The van der Waals surface area contributed by atoms with Crippen molar-refractivity contribution in [2.24, 2.45) is 5.92 Å². The van der Waals surface area contributed by atoms with Crippen molar-refractivity contribution in [2.45, 2.75) is 24.9 Å². The van der Waals surface area contributed by atoms with Gasteiger partial charge in [-0.25, -0.2) is 9.69 Å². The van der Waals surface area contributed by atoms with Gasteiger partial charge in [0.1, 0.15) is 6.04 Å². The van der Waals surface area contributed by atoms with Crippen LogP contribution in [-0.2, 0) is 19.1 Å². The first-order valence-electron chi connectivity index (χ1n) is 10.0. The van der Waals surface area contributed by atoms with E-state index in [0.717, 1.165) is 4.90 Å². The number of hydrogen-bond donors (Lipinski definition) is 1. The number of fused-ring (bicyclic) bond motifs is 1. The number of ether oxygens (including phenoxy) is 1. The molecular weight excluding hydrogens is 424 g/mol. The molecule has 2 unspecified atom stereocenters. The highest BCUT2D eigenvalue weighted by Gasteiger charge is 2.50. The summed E-state index contributed by atoms with van der Waals surface area (Å²) >= 11 is 5.91. The molecule has 3 aliphatic heterocycles. The predicted octanol–water partition coefficient (Wildman–Crippen LogP) is 1.37. The number of likely N-dealkylation sites (N-methyl/N-ethyl adjacent to an activating group) is 1. The Kier molecular flexibility index (Phi) is 5.62. The second-order valence-electron chi connectivity index (χ2n) is 7.86. The summed E-state index contributed by atoms with van der Waals surface area (Å²) < 4.78 is 4.79. The largest absolute Gasteiger partial charge is 0.469 e. The molecule has 2 saturated heterocycles. The number of carbonyl (C=O) groups excluding carboxylic acids is 4. The molecule has 3 aliphatic rings. The van der Waals surface area contributed by atoms with Crippen molar-refractivity contribution in [1.29, 1.82) is 0 Å². The molecule has 4 amide bonds. The fourth-order valence-corrected chi connectivity index (χ4v) is 4.51. The number of carbonyl (C=O) groups is 4. The Morgan fingerprint density at radius 3 is 2.39 bits per heavy atom. The number of methoxy groups -OCH3 is 1. The number of anilines is 1. The van der Waals surface area contributed by atoms with Gasteiger partial charge in [-0.2, -0.15) is 0 Å². The van der Waals surface area contributed by atoms with Crippen LogP contribution in [0.15, 0.2) is 36.0 Å². The summed E-state index contributed by atoms with van der Waals surface area (Å²) in [6.07, 6.45) is 2.66. The SMILES string of the molecule is COC(=O)C1CCN(C(=O)C2=CN(C)C3C(=O)N(c4ccc(Cl)cc4)C(=O)NC23)CC1. The first kappa shape index (κ1) is 21.2. The Balaban J connectivity index is 1.50. The van der Waals surface area contributed by atoms with E-state index < -0.39 is 24.0 Å². The standard InChI is InChI=1S/C21H23ClN4O5/c1-24-11-15(18(27)25-9-7-12(8-10-25)20(29)31-2)16-17(24)19(28)26(21(30)23-16)14-5-3-13(22)4-6-14/h3-6,11-12,16-17H,7-10H2,1-2H3,(H,23,30). The number of nitrogens with zero attached hydrogens (tertiary/aromatic N) is 3. The van der Waals surface area contributed by atoms with Crippen LogP contribution in [0.25, 0.3) is 0 Å². The summed E-state index contributed by atoms with van der Waals surface area (Å²) in [5, 5.41) is 3.31. The Morgan fingerprint density at radius 1 is 1.13 bits per heavy atom. The van der Waals surface area contributed by atoms with Gasteiger partial charge in [0.05, 0.1) is 30.3 Å². The van der Waals surface area contributed by atoms with Crippen LogP contribution < -0.4 is 10.2 Å². The second-order valence-corrected chi connectivity index (χ2v) is 8.30. The fraction of sp³-hybridized carbons (Fsp3) is 0.429. The van der Waals surface area contributed by atoms with Gasteiger partial charge in [0.2, 0.25) is 0 Å². The zero-order chi connectivity index (χ0) is 22.3. The van der Waals surface area contributed by atoms with Gasteiger partial charge in [-0.15, -0.1) is 0 Å². The lowest BCUT2D eigenvalue weighted by Crippen LogP contribution is -2.65. The van der Waals surface area contributed by atoms with Crippen LogP contribution in [0.3, 0.4) is 0 Å². The van der Waals surface area contributed by atoms with Gasteiger partial charge in [0, 0.05) is 31.4 Å². The summed E-state index contributed by atoms with van der Waals surface area (Å²) in [4.78, 5) is 55.2. The first-order chi connectivity index (χ1) is 14.8. The van der Waals surface area contributed by atoms with E-state index in [1.54, 1.807) is 47.3 Å². The molecule has 4 rings (SSSR count). The molecule has 1 aromatic rings. The van der Waals surface area contributed by atoms with Crippen molar-refractivity contribution in [3.05, 3.63) is 41.1 Å². The number of esters is 1. The van der Waals surface area contributed by atoms with Crippen LogP contribution >= 0.6 is 11.6 Å². The van der Waals surface area contributed by atoms with E-state index >= 15 is 0 Å². The maximum atomic E-state index is 13.2. The van der Waals surface area contributed by atoms with E-state index in [1.807, 2.05) is 0 Å². The Morgan fingerprint density at radius 2 is 1.77 bits per heavy atom. The second kappa shape index (κ2) is 8.22. The molecule has 164 valence electrons. The van der Waals surface area contributed by atoms with Gasteiger partial charge in [-0.3, -0.25) is 14.4 Å². The van der Waals surface area contributed by atoms with Crippen molar-refractivity contribution in [2.75, 3.05) is 32.1 Å². The molecule has 0 bridgehead atoms. The third-order valence-electron chi connectivity index (χ3n) is 6.04. The minimum Gasteiger partial charge on any atom is -0.469 e. The molecule has 31 heavy (non-hydrogen) atoms. The number of nitrogens with one attached hydrogen (secondary N) is 1. The van der Waals surface area contributed by atoms with Crippen LogP contribution in [0.4, 0.5) is 10.5 Å². The summed E-state index contributed by atoms with van der Waals surface area (Å²) in [7, 11) is 3.06. The van der Waals surface area contributed by atoms with E-state index in [9.17, 15) is 19.2 Å². The summed E-state index contributed by atoms with van der Waals surface area (Å²) in [5.74, 6) is -1.14. The maximum absolute atomic E-state index is 13.2. The average Bonchev–Trinajstić information content (AvgIpc) is 3.10. The van der Waals surface area contributed by atoms with Crippen LogP contribution in [-0.4, -0.2) is 72.9 Å². The van der Waals surface area contributed by atoms with E-state index in [2.05, 4.69) is 5.32 Å². The van der Waals surface area contributed by atoms with Crippen LogP contribution in [0, 0.1) is 5.92 Å². The minimum atomic E-state index is -0.737. The number of imide groups is 1. The number of rotatable bonds is 3. The monoisotopic (exact) mass is 446 g/mol. The molecular formula is C21H23ClN4O5. The summed E-state index contributed by atoms with van der Waals surface area (Å²) in [6, 6.07) is 4.35. The van der Waals surface area contributed by atoms with Crippen LogP contribution in [0.5, 0.6) is 0 Å². The fourth-order valence-electron chi connectivity index (χ4n) is 4.38. The van der Waals surface area contributed by atoms with E-state index in [-0.39, 0.29) is 17.8 Å². The highest BCUT2D eigenvalue weighted by molar-refractivity contribution is 6.30. The third-order valence-corrected chi connectivity index (χ3v) is 6.29. The third kappa shape index (κ3) is 3.74. The lowest BCUT2D eigenvalue weighted by Gasteiger charge is -2.38. The van der Waals surface area contributed by atoms with Crippen molar-refractivity contribution in [3.63, 3.8) is 0 Å². The predicted molar refractivity (Wildman–Crippen MR) is 112 cm³/mol. The highest BCUT2D eigenvalue weighted by Crippen LogP contribution is 2.31. The highest BCUT2D eigenvalue weighted by atomic mass is 35.5. The Labute approximate surface area is 184 Å². The number of halogens is 1. The molecule has 2 fully saturated rings. The summed E-state index contributed by atoms with van der Waals surface area (Å²) in [6.45, 7) is 0.825. The number of hydrogen-bond acceptors (Lipinski definition) is 6. The van der Waals surface area contributed by atoms with E-state index in [4.69, 9.17) is 16.3 Å². The lowest BCUT2D eigenvalue weighted by atomic mass is 9.94. The molecule has 1 N–H and O–H groups in total. The lowest BCUT2D eigenvalue weighted by molar-refractivity contribution is -0.148. The Bertz CT molecular complexity index is 955. The van der Waals surface area contributed by atoms with Gasteiger partial charge >= 0.3 is 12.0 Å². The van der Waals surface area contributed by atoms with Gasteiger partial charge < -0.3 is 19.9 Å². The molecule has 0 radical (unpaired) electrons. The molecule has 0 aromatic heterocycles.